The molecule has 10 rings (SSSR count). The molecule has 2 aliphatic heterocycles. The molecule has 398 valence electrons. The van der Waals surface area contributed by atoms with E-state index in [1.807, 2.05) is 72.8 Å². The van der Waals surface area contributed by atoms with Crippen molar-refractivity contribution in [3.8, 4) is 50.8 Å². The first-order chi connectivity index (χ1) is 38.1. The van der Waals surface area contributed by atoms with Crippen LogP contribution in [0.1, 0.15) is 129 Å². The third-order valence-corrected chi connectivity index (χ3v) is 15.8. The monoisotopic (exact) mass is 1040 g/mol. The van der Waals surface area contributed by atoms with E-state index >= 15 is 8.63 Å². The Bertz CT molecular complexity index is 3510. The maximum Gasteiger partial charge on any atom is 0.738 e. The van der Waals surface area contributed by atoms with E-state index < -0.39 is 6.97 Å². The second-order valence-corrected chi connectivity index (χ2v) is 21.0. The minimum Gasteiger partial charge on any atom is -0.497 e. The molecule has 0 spiro atoms. The van der Waals surface area contributed by atoms with Gasteiger partial charge >= 0.3 is 6.97 Å². The van der Waals surface area contributed by atoms with Crippen molar-refractivity contribution in [2.24, 2.45) is 0 Å². The van der Waals surface area contributed by atoms with Crippen molar-refractivity contribution in [3.05, 3.63) is 226 Å². The van der Waals surface area contributed by atoms with Crippen LogP contribution in [-0.2, 0) is 25.7 Å². The Morgan fingerprint density at radius 1 is 0.385 bits per heavy atom. The van der Waals surface area contributed by atoms with Crippen molar-refractivity contribution in [3.63, 3.8) is 0 Å². The predicted octanol–water partition coefficient (Wildman–Crippen LogP) is 18.0. The highest BCUT2D eigenvalue weighted by Crippen LogP contribution is 2.57. The number of aromatic nitrogens is 1. The van der Waals surface area contributed by atoms with Crippen LogP contribution in [0.25, 0.3) is 50.2 Å². The van der Waals surface area contributed by atoms with Crippen LogP contribution in [0.3, 0.4) is 0 Å². The Morgan fingerprint density at radius 3 is 1.19 bits per heavy atom. The quantitative estimate of drug-likeness (QED) is 0.0635. The summed E-state index contributed by atoms with van der Waals surface area (Å²) in [5, 5.41) is 0. The second-order valence-electron chi connectivity index (χ2n) is 21.0. The summed E-state index contributed by atoms with van der Waals surface area (Å²) in [4.78, 5) is 0. The highest BCUT2D eigenvalue weighted by molar-refractivity contribution is 6.61. The van der Waals surface area contributed by atoms with E-state index in [0.29, 0.717) is 67.9 Å². The van der Waals surface area contributed by atoms with Crippen molar-refractivity contribution >= 4 is 29.4 Å². The van der Waals surface area contributed by atoms with Gasteiger partial charge in [0.15, 0.2) is 11.4 Å². The number of nitrogens with zero attached hydrogens (tertiary/aromatic N) is 2. The zero-order valence-electron chi connectivity index (χ0n) is 46.6. The first-order valence-electron chi connectivity index (χ1n) is 28.4. The summed E-state index contributed by atoms with van der Waals surface area (Å²) in [5.41, 5.74) is 15.3. The molecule has 0 saturated heterocycles. The molecule has 0 radical (unpaired) electrons. The molecule has 0 saturated carbocycles. The Morgan fingerprint density at radius 2 is 0.756 bits per heavy atom. The lowest BCUT2D eigenvalue weighted by Crippen LogP contribution is -2.52. The zero-order valence-corrected chi connectivity index (χ0v) is 46.6. The molecule has 8 aromatic rings. The minimum absolute atomic E-state index is 0.411. The normalized spacial score (nSPS) is 13.8. The van der Waals surface area contributed by atoms with E-state index in [1.165, 1.54) is 31.2 Å². The fraction of sp³-hybridized carbons (Fsp3) is 0.271. The van der Waals surface area contributed by atoms with Gasteiger partial charge in [-0.15, -0.1) is 0 Å². The van der Waals surface area contributed by atoms with Gasteiger partial charge in [-0.3, -0.25) is 0 Å². The SMILES string of the molecule is CCCCc1ccc(C2=C(c3cccc(OC)c3)C3=C(c4cccc(OC)c4)c4c(-c5cccc(OC)c5)c(-c5ccc(CCCC)cc5)c(-c5ccc(CCCC)cc5)n4[B-](F)(F)[N+]3=C2c2ccc(CCCC)cc2)cc1. The summed E-state index contributed by atoms with van der Waals surface area (Å²) in [7, 11) is 4.97. The average molecular weight is 1040 g/mol. The first kappa shape index (κ1) is 53.7. The number of halogens is 2. The molecule has 7 aromatic carbocycles. The number of rotatable bonds is 22. The summed E-state index contributed by atoms with van der Waals surface area (Å²) in [6, 6.07) is 57.8. The topological polar surface area (TPSA) is 35.6 Å². The van der Waals surface area contributed by atoms with Gasteiger partial charge in [-0.1, -0.05) is 175 Å². The zero-order chi connectivity index (χ0) is 54.3. The highest BCUT2D eigenvalue weighted by atomic mass is 19.2. The van der Waals surface area contributed by atoms with Gasteiger partial charge in [-0.2, -0.15) is 0 Å². The summed E-state index contributed by atoms with van der Waals surface area (Å²) < 4.78 is 61.8. The van der Waals surface area contributed by atoms with Crippen LogP contribution in [0.5, 0.6) is 17.2 Å². The number of unbranched alkanes of at least 4 members (excludes halogenated alkanes) is 4. The number of fused-ring (bicyclic) bond motifs is 2. The van der Waals surface area contributed by atoms with Gasteiger partial charge in [0.05, 0.1) is 38.0 Å². The summed E-state index contributed by atoms with van der Waals surface area (Å²) >= 11 is 0. The Balaban J connectivity index is 1.45. The fourth-order valence-corrected chi connectivity index (χ4v) is 11.7. The van der Waals surface area contributed by atoms with Crippen LogP contribution in [0.4, 0.5) is 8.63 Å². The molecule has 0 N–H and O–H groups in total. The van der Waals surface area contributed by atoms with E-state index in [1.54, 1.807) is 21.3 Å². The number of benzene rings is 7. The van der Waals surface area contributed by atoms with E-state index in [2.05, 4.69) is 125 Å². The van der Waals surface area contributed by atoms with Crippen molar-refractivity contribution in [1.82, 2.24) is 4.48 Å². The average Bonchev–Trinajstić information content (AvgIpc) is 3.75. The molecule has 3 heterocycles. The van der Waals surface area contributed by atoms with Crippen LogP contribution < -0.4 is 14.2 Å². The molecule has 0 fully saturated rings. The van der Waals surface area contributed by atoms with Gasteiger partial charge in [0.25, 0.3) is 0 Å². The smallest absolute Gasteiger partial charge is 0.497 e. The molecule has 0 amide bonds. The highest BCUT2D eigenvalue weighted by Gasteiger charge is 2.60. The van der Waals surface area contributed by atoms with E-state index in [9.17, 15) is 0 Å². The van der Waals surface area contributed by atoms with Crippen LogP contribution in [0.15, 0.2) is 176 Å². The summed E-state index contributed by atoms with van der Waals surface area (Å²) in [6.45, 7) is 3.99. The summed E-state index contributed by atoms with van der Waals surface area (Å²) in [5.74, 6) is 1.86. The van der Waals surface area contributed by atoms with Crippen LogP contribution >= 0.6 is 0 Å². The van der Waals surface area contributed by atoms with Crippen molar-refractivity contribution < 1.29 is 27.3 Å². The lowest BCUT2D eigenvalue weighted by molar-refractivity contribution is -0.358. The number of aryl methyl sites for hydroxylation is 4. The standard InChI is InChI=1S/C70H73BF2N2O3/c1-8-12-19-48-29-37-52(38-30-48)62-64(56-23-16-26-59(45-56)76-5)69-66(58-25-18-28-61(47-58)78-7)70-65(57-24-17-27-60(46-57)77-6)63(53-39-31-49(32-40-53)20-13-9-2)68(55-43-35-51(36-44-55)22-15-11-4)75(70)71(72,73)74(69)67(62)54-41-33-50(34-42-54)21-14-10-3/h16-18,23-47H,8-15,19-22H2,1-7H3. The maximum atomic E-state index is 20.5. The van der Waals surface area contributed by atoms with Gasteiger partial charge in [-0.25, -0.2) is 0 Å². The molecule has 8 heteroatoms. The van der Waals surface area contributed by atoms with Gasteiger partial charge in [0, 0.05) is 28.1 Å². The molecule has 0 atom stereocenters. The maximum absolute atomic E-state index is 20.5. The molecule has 5 nitrogen and oxygen atoms in total. The van der Waals surface area contributed by atoms with E-state index in [0.717, 1.165) is 116 Å². The molecule has 1 aromatic heterocycles. The Labute approximate surface area is 461 Å². The van der Waals surface area contributed by atoms with Crippen LogP contribution in [0, 0.1) is 0 Å². The van der Waals surface area contributed by atoms with Crippen LogP contribution in [-0.4, -0.2) is 43.0 Å². The Kier molecular flexibility index (Phi) is 16.4. The molecule has 2 aliphatic rings. The number of methoxy groups -OCH3 is 3. The molecular formula is C70H73BF2N2O3. The number of ether oxygens (including phenoxy) is 3. The largest absolute Gasteiger partial charge is 0.738 e. The number of hydrogen-bond donors (Lipinski definition) is 0. The van der Waals surface area contributed by atoms with Crippen molar-refractivity contribution in [2.45, 2.75) is 105 Å². The third kappa shape index (κ3) is 10.4. The van der Waals surface area contributed by atoms with Crippen molar-refractivity contribution in [1.29, 1.82) is 0 Å². The van der Waals surface area contributed by atoms with E-state index in [-0.39, 0.29) is 0 Å². The van der Waals surface area contributed by atoms with Gasteiger partial charge in [0.2, 0.25) is 0 Å². The summed E-state index contributed by atoms with van der Waals surface area (Å²) in [6.07, 6.45) is 12.1. The van der Waals surface area contributed by atoms with Gasteiger partial charge in [0.1, 0.15) is 17.2 Å². The fourth-order valence-electron chi connectivity index (χ4n) is 11.7. The Hall–Kier alpha value is -7.71. The molecule has 0 unspecified atom stereocenters. The lowest BCUT2D eigenvalue weighted by Gasteiger charge is -2.35. The molecule has 0 aliphatic carbocycles. The number of allylic oxidation sites excluding steroid dienone is 2. The molecular weight excluding hydrogens is 966 g/mol. The van der Waals surface area contributed by atoms with Gasteiger partial charge < -0.3 is 31.8 Å². The lowest BCUT2D eigenvalue weighted by atomic mass is 9.81. The first-order valence-corrected chi connectivity index (χ1v) is 28.4. The minimum atomic E-state index is -4.80. The molecule has 78 heavy (non-hydrogen) atoms. The predicted molar refractivity (Wildman–Crippen MR) is 321 cm³/mol. The van der Waals surface area contributed by atoms with E-state index in [4.69, 9.17) is 14.2 Å². The van der Waals surface area contributed by atoms with Crippen molar-refractivity contribution in [2.75, 3.05) is 21.3 Å². The molecule has 0 bridgehead atoms. The van der Waals surface area contributed by atoms with Gasteiger partial charge in [-0.05, 0) is 156 Å². The third-order valence-electron chi connectivity index (χ3n) is 15.8. The van der Waals surface area contributed by atoms with Crippen LogP contribution in [0.2, 0.25) is 0 Å². The second kappa shape index (κ2) is 23.9. The number of hydrogen-bond acceptors (Lipinski definition) is 3.